The minimum absolute atomic E-state index is 0.00713. The van der Waals surface area contributed by atoms with Crippen LogP contribution in [0.25, 0.3) is 0 Å². The van der Waals surface area contributed by atoms with E-state index in [1.807, 2.05) is 6.92 Å². The van der Waals surface area contributed by atoms with Gasteiger partial charge in [-0.15, -0.1) is 0 Å². The lowest BCUT2D eigenvalue weighted by Gasteiger charge is -2.17. The third kappa shape index (κ3) is 3.87. The van der Waals surface area contributed by atoms with Gasteiger partial charge in [-0.1, -0.05) is 18.5 Å². The topological polar surface area (TPSA) is 72.5 Å². The fourth-order valence-corrected chi connectivity index (χ4v) is 4.65. The molecule has 2 aliphatic carbocycles. The number of amides is 1. The summed E-state index contributed by atoms with van der Waals surface area (Å²) >= 11 is 5.83. The largest absolute Gasteiger partial charge is 0.326 e. The molecule has 2 fully saturated rings. The number of fused-ring (bicyclic) bond motifs is 1. The van der Waals surface area contributed by atoms with Crippen LogP contribution in [-0.4, -0.2) is 26.7 Å². The summed E-state index contributed by atoms with van der Waals surface area (Å²) in [4.78, 5) is 12.3. The molecule has 0 spiro atoms. The molecular formula is C16H20ClNO4S. The normalized spacial score (nSPS) is 30.6. The van der Waals surface area contributed by atoms with Crippen molar-refractivity contribution >= 4 is 33.3 Å². The van der Waals surface area contributed by atoms with Crippen molar-refractivity contribution in [3.63, 3.8) is 0 Å². The van der Waals surface area contributed by atoms with Gasteiger partial charge in [-0.3, -0.25) is 8.98 Å². The molecule has 7 heteroatoms. The highest BCUT2D eigenvalue weighted by molar-refractivity contribution is 7.86. The van der Waals surface area contributed by atoms with Crippen molar-refractivity contribution in [1.82, 2.24) is 0 Å². The average Bonchev–Trinajstić information content (AvgIpc) is 2.95. The van der Waals surface area contributed by atoms with E-state index in [0.717, 1.165) is 24.8 Å². The first-order chi connectivity index (χ1) is 10.7. The van der Waals surface area contributed by atoms with E-state index >= 15 is 0 Å². The molecule has 2 saturated carbocycles. The summed E-state index contributed by atoms with van der Waals surface area (Å²) < 4.78 is 27.4. The van der Waals surface area contributed by atoms with Crippen molar-refractivity contribution in [2.24, 2.45) is 23.7 Å². The Kier molecular flexibility index (Phi) is 4.42. The van der Waals surface area contributed by atoms with Crippen LogP contribution in [0, 0.1) is 23.7 Å². The van der Waals surface area contributed by atoms with E-state index in [4.69, 9.17) is 15.8 Å². The number of rotatable bonds is 5. The zero-order valence-corrected chi connectivity index (χ0v) is 14.6. The zero-order valence-electron chi connectivity index (χ0n) is 13.0. The molecule has 0 radical (unpaired) electrons. The monoisotopic (exact) mass is 357 g/mol. The molecule has 2 aliphatic rings. The average molecular weight is 358 g/mol. The Morgan fingerprint density at radius 1 is 1.26 bits per heavy atom. The third-order valence-corrected chi connectivity index (χ3v) is 5.76. The highest BCUT2D eigenvalue weighted by Gasteiger charge is 2.59. The van der Waals surface area contributed by atoms with Crippen LogP contribution >= 0.6 is 11.6 Å². The van der Waals surface area contributed by atoms with Crippen molar-refractivity contribution < 1.29 is 17.4 Å². The van der Waals surface area contributed by atoms with Crippen LogP contribution < -0.4 is 5.32 Å². The van der Waals surface area contributed by atoms with Gasteiger partial charge < -0.3 is 5.32 Å². The Bertz CT molecular complexity index is 691. The highest BCUT2D eigenvalue weighted by Crippen LogP contribution is 2.61. The molecule has 5 nitrogen and oxygen atoms in total. The van der Waals surface area contributed by atoms with Crippen LogP contribution in [0.1, 0.15) is 19.8 Å². The van der Waals surface area contributed by atoms with Gasteiger partial charge in [0, 0.05) is 16.6 Å². The second-order valence-electron chi connectivity index (χ2n) is 6.58. The summed E-state index contributed by atoms with van der Waals surface area (Å²) in [6.45, 7) is 1.93. The van der Waals surface area contributed by atoms with Gasteiger partial charge >= 0.3 is 0 Å². The number of carbonyl (C=O) groups is 1. The molecular weight excluding hydrogens is 338 g/mol. The molecule has 0 bridgehead atoms. The summed E-state index contributed by atoms with van der Waals surface area (Å²) in [5.41, 5.74) is 0.732. The maximum Gasteiger partial charge on any atom is 0.264 e. The van der Waals surface area contributed by atoms with E-state index in [1.165, 1.54) is 0 Å². The molecule has 0 saturated heterocycles. The van der Waals surface area contributed by atoms with Crippen LogP contribution in [-0.2, 0) is 19.1 Å². The van der Waals surface area contributed by atoms with E-state index in [-0.39, 0.29) is 17.9 Å². The summed E-state index contributed by atoms with van der Waals surface area (Å²) in [5.74, 6) is 1.01. The number of hydrogen-bond donors (Lipinski definition) is 1. The van der Waals surface area contributed by atoms with E-state index in [9.17, 15) is 13.2 Å². The number of benzene rings is 1. The second-order valence-corrected chi connectivity index (χ2v) is 8.62. The van der Waals surface area contributed by atoms with Crippen LogP contribution in [0.3, 0.4) is 0 Å². The smallest absolute Gasteiger partial charge is 0.264 e. The van der Waals surface area contributed by atoms with E-state index in [0.29, 0.717) is 22.8 Å². The summed E-state index contributed by atoms with van der Waals surface area (Å²) in [6, 6.07) is 7.02. The molecule has 1 aromatic rings. The minimum Gasteiger partial charge on any atom is -0.326 e. The number of anilines is 1. The second kappa shape index (κ2) is 6.07. The molecule has 1 amide bonds. The predicted molar refractivity (Wildman–Crippen MR) is 88.7 cm³/mol. The van der Waals surface area contributed by atoms with Crippen LogP contribution in [0.15, 0.2) is 24.3 Å². The van der Waals surface area contributed by atoms with Gasteiger partial charge in [-0.05, 0) is 54.9 Å². The molecule has 0 heterocycles. The molecule has 1 N–H and O–H groups in total. The van der Waals surface area contributed by atoms with Gasteiger partial charge in [0.15, 0.2) is 0 Å². The van der Waals surface area contributed by atoms with Gasteiger partial charge in [-0.2, -0.15) is 8.42 Å². The number of nitrogens with one attached hydrogen (secondary N) is 1. The molecule has 0 aromatic heterocycles. The highest BCUT2D eigenvalue weighted by atomic mass is 35.5. The Balaban J connectivity index is 1.52. The van der Waals surface area contributed by atoms with Crippen molar-refractivity contribution in [3.05, 3.63) is 29.3 Å². The fourth-order valence-electron chi connectivity index (χ4n) is 3.87. The first-order valence-electron chi connectivity index (χ1n) is 7.69. The van der Waals surface area contributed by atoms with E-state index in [1.54, 1.807) is 24.3 Å². The lowest BCUT2D eigenvalue weighted by molar-refractivity contribution is -0.120. The van der Waals surface area contributed by atoms with Crippen LogP contribution in [0.2, 0.25) is 5.02 Å². The SMILES string of the molecule is CC(C(=O)Nc1ccc(Cl)cc1)C1[C@H]2CC(OS(C)(=O)=O)C[C@@H]12. The number of carbonyl (C=O) groups excluding carboxylic acids is 1. The maximum absolute atomic E-state index is 12.3. The lowest BCUT2D eigenvalue weighted by atomic mass is 9.97. The van der Waals surface area contributed by atoms with Gasteiger partial charge in [0.25, 0.3) is 10.1 Å². The molecule has 0 aliphatic heterocycles. The molecule has 1 aromatic carbocycles. The van der Waals surface area contributed by atoms with Gasteiger partial charge in [-0.25, -0.2) is 0 Å². The summed E-state index contributed by atoms with van der Waals surface area (Å²) in [7, 11) is -3.40. The van der Waals surface area contributed by atoms with E-state index in [2.05, 4.69) is 5.32 Å². The Morgan fingerprint density at radius 3 is 2.35 bits per heavy atom. The molecule has 126 valence electrons. The first kappa shape index (κ1) is 16.7. The van der Waals surface area contributed by atoms with Crippen LogP contribution in [0.4, 0.5) is 5.69 Å². The zero-order chi connectivity index (χ0) is 16.8. The standard InChI is InChI=1S/C16H20ClNO4S/c1-9(16(19)18-11-5-3-10(17)4-6-11)15-13-7-12(8-14(13)15)22-23(2,20)21/h3-6,9,12-15H,7-8H2,1-2H3,(H,18,19)/t9?,12?,13-,14+,15?. The van der Waals surface area contributed by atoms with Crippen molar-refractivity contribution in [1.29, 1.82) is 0 Å². The van der Waals surface area contributed by atoms with E-state index < -0.39 is 10.1 Å². The summed E-state index contributed by atoms with van der Waals surface area (Å²) in [5, 5.41) is 3.53. The van der Waals surface area contributed by atoms with Crippen LogP contribution in [0.5, 0.6) is 0 Å². The maximum atomic E-state index is 12.3. The molecule has 23 heavy (non-hydrogen) atoms. The fraction of sp³-hybridized carbons (Fsp3) is 0.562. The number of hydrogen-bond acceptors (Lipinski definition) is 4. The lowest BCUT2D eigenvalue weighted by Crippen LogP contribution is -2.25. The Hall–Kier alpha value is -1.11. The van der Waals surface area contributed by atoms with Gasteiger partial charge in [0.2, 0.25) is 5.91 Å². The minimum atomic E-state index is -3.40. The summed E-state index contributed by atoms with van der Waals surface area (Å²) in [6.07, 6.45) is 2.31. The number of halogens is 1. The van der Waals surface area contributed by atoms with Gasteiger partial charge in [0.05, 0.1) is 12.4 Å². The van der Waals surface area contributed by atoms with Gasteiger partial charge in [0.1, 0.15) is 0 Å². The first-order valence-corrected chi connectivity index (χ1v) is 9.89. The molecule has 5 atom stereocenters. The Morgan fingerprint density at radius 2 is 1.83 bits per heavy atom. The third-order valence-electron chi connectivity index (χ3n) is 4.88. The quantitative estimate of drug-likeness (QED) is 0.822. The van der Waals surface area contributed by atoms with Crippen molar-refractivity contribution in [3.8, 4) is 0 Å². The molecule has 3 rings (SSSR count). The molecule has 3 unspecified atom stereocenters. The van der Waals surface area contributed by atoms with Crippen molar-refractivity contribution in [2.45, 2.75) is 25.9 Å². The van der Waals surface area contributed by atoms with Crippen molar-refractivity contribution in [2.75, 3.05) is 11.6 Å². The Labute approximate surface area is 141 Å². The predicted octanol–water partition coefficient (Wildman–Crippen LogP) is 2.92.